The quantitative estimate of drug-likeness (QED) is 0.573. The minimum atomic E-state index is 0.758. The summed E-state index contributed by atoms with van der Waals surface area (Å²) < 4.78 is 0. The van der Waals surface area contributed by atoms with E-state index >= 15 is 0 Å². The van der Waals surface area contributed by atoms with Crippen LogP contribution in [-0.4, -0.2) is 4.98 Å². The van der Waals surface area contributed by atoms with Crippen LogP contribution in [0.5, 0.6) is 0 Å². The second-order valence-electron chi connectivity index (χ2n) is 2.41. The van der Waals surface area contributed by atoms with Gasteiger partial charge in [0.1, 0.15) is 5.69 Å². The molecule has 0 aliphatic rings. The van der Waals surface area contributed by atoms with Crippen LogP contribution in [0.3, 0.4) is 0 Å². The van der Waals surface area contributed by atoms with Gasteiger partial charge >= 0.3 is 0 Å². The molecule has 0 fully saturated rings. The lowest BCUT2D eigenvalue weighted by Gasteiger charge is -1.83. The van der Waals surface area contributed by atoms with Crippen molar-refractivity contribution in [1.82, 2.24) is 4.98 Å². The monoisotopic (exact) mass is 184 g/mol. The Hall–Kier alpha value is -1.59. The Kier molecular flexibility index (Phi) is 2.40. The minimum absolute atomic E-state index is 0.758. The smallest absolute Gasteiger partial charge is 0.114 e. The molecule has 1 radical (unpaired) electrons. The van der Waals surface area contributed by atoms with Gasteiger partial charge in [-0.1, -0.05) is 12.0 Å². The molecule has 0 aromatic carbocycles. The van der Waals surface area contributed by atoms with Crippen molar-refractivity contribution in [2.24, 2.45) is 0 Å². The fourth-order valence-corrected chi connectivity index (χ4v) is 1.46. The predicted octanol–water partition coefficient (Wildman–Crippen LogP) is 2.34. The Labute approximate surface area is 81.1 Å². The van der Waals surface area contributed by atoms with Gasteiger partial charge in [-0.05, 0) is 29.5 Å². The van der Waals surface area contributed by atoms with Gasteiger partial charge in [0.15, 0.2) is 0 Å². The lowest BCUT2D eigenvalue weighted by Crippen LogP contribution is -1.78. The maximum Gasteiger partial charge on any atom is 0.114 e. The predicted molar refractivity (Wildman–Crippen MR) is 53.4 cm³/mol. The zero-order valence-electron chi connectivity index (χ0n) is 6.82. The van der Waals surface area contributed by atoms with E-state index in [9.17, 15) is 0 Å². The number of hydrogen-bond acceptors (Lipinski definition) is 2. The molecule has 0 aliphatic heterocycles. The van der Waals surface area contributed by atoms with E-state index in [4.69, 9.17) is 0 Å². The van der Waals surface area contributed by atoms with E-state index in [1.54, 1.807) is 17.4 Å². The van der Waals surface area contributed by atoms with Crippen molar-refractivity contribution >= 4 is 11.3 Å². The molecule has 61 valence electrons. The highest BCUT2D eigenvalue weighted by atomic mass is 32.1. The Balaban J connectivity index is 2.23. The van der Waals surface area contributed by atoms with Crippen molar-refractivity contribution in [1.29, 1.82) is 0 Å². The van der Waals surface area contributed by atoms with Gasteiger partial charge in [-0.15, -0.1) is 0 Å². The van der Waals surface area contributed by atoms with Crippen molar-refractivity contribution < 1.29 is 0 Å². The highest BCUT2D eigenvalue weighted by Crippen LogP contribution is 2.03. The minimum Gasteiger partial charge on any atom is -0.238 e. The summed E-state index contributed by atoms with van der Waals surface area (Å²) in [5.74, 6) is 5.98. The summed E-state index contributed by atoms with van der Waals surface area (Å²) in [6, 6.07) is 7.50. The molecule has 2 heterocycles. The third-order valence-electron chi connectivity index (χ3n) is 1.47. The van der Waals surface area contributed by atoms with Crippen molar-refractivity contribution in [3.8, 4) is 11.8 Å². The molecule has 0 spiro atoms. The van der Waals surface area contributed by atoms with Crippen LogP contribution in [0.15, 0.2) is 35.0 Å². The molecule has 2 aromatic heterocycles. The van der Waals surface area contributed by atoms with E-state index < -0.39 is 0 Å². The van der Waals surface area contributed by atoms with E-state index in [1.165, 1.54) is 0 Å². The Morgan fingerprint density at radius 3 is 3.00 bits per heavy atom. The molecule has 0 saturated heterocycles. The summed E-state index contributed by atoms with van der Waals surface area (Å²) in [6.45, 7) is 0. The van der Waals surface area contributed by atoms with E-state index in [0.29, 0.717) is 0 Å². The highest BCUT2D eigenvalue weighted by molar-refractivity contribution is 7.08. The first-order valence-electron chi connectivity index (χ1n) is 3.82. The molecule has 0 N–H and O–H groups in total. The molecule has 0 unspecified atom stereocenters. The zero-order chi connectivity index (χ0) is 8.93. The molecule has 0 atom stereocenters. The lowest BCUT2D eigenvalue weighted by atomic mass is 10.3. The molecule has 0 saturated carbocycles. The molecule has 0 aliphatic carbocycles. The van der Waals surface area contributed by atoms with E-state index in [-0.39, 0.29) is 0 Å². The van der Waals surface area contributed by atoms with Crippen LogP contribution >= 0.6 is 11.3 Å². The lowest BCUT2D eigenvalue weighted by molar-refractivity contribution is 1.27. The fourth-order valence-electron chi connectivity index (χ4n) is 0.868. The summed E-state index contributed by atoms with van der Waals surface area (Å²) in [5, 5.41) is 4.02. The van der Waals surface area contributed by atoms with E-state index in [1.807, 2.05) is 29.0 Å². The fraction of sp³-hybridized carbons (Fsp3) is 0. The largest absolute Gasteiger partial charge is 0.238 e. The molecule has 13 heavy (non-hydrogen) atoms. The maximum atomic E-state index is 3.98. The SMILES string of the molecule is C(#Cc1ccc[c]n1)c1ccsc1. The van der Waals surface area contributed by atoms with Gasteiger partial charge in [0.05, 0.1) is 6.20 Å². The topological polar surface area (TPSA) is 12.9 Å². The molecule has 2 aromatic rings. The number of rotatable bonds is 0. The summed E-state index contributed by atoms with van der Waals surface area (Å²) >= 11 is 1.64. The number of aromatic nitrogens is 1. The van der Waals surface area contributed by atoms with Crippen LogP contribution < -0.4 is 0 Å². The van der Waals surface area contributed by atoms with Crippen LogP contribution in [0.25, 0.3) is 0 Å². The summed E-state index contributed by atoms with van der Waals surface area (Å²) in [6.07, 6.45) is 2.74. The van der Waals surface area contributed by atoms with Gasteiger partial charge in [0.2, 0.25) is 0 Å². The second kappa shape index (κ2) is 3.88. The highest BCUT2D eigenvalue weighted by Gasteiger charge is 1.85. The molecule has 2 heteroatoms. The number of hydrogen-bond donors (Lipinski definition) is 0. The Bertz CT molecular complexity index is 420. The molecule has 2 rings (SSSR count). The molecule has 1 nitrogen and oxygen atoms in total. The third-order valence-corrected chi connectivity index (χ3v) is 2.15. The summed E-state index contributed by atoms with van der Waals surface area (Å²) in [5.41, 5.74) is 1.80. The van der Waals surface area contributed by atoms with Crippen LogP contribution in [-0.2, 0) is 0 Å². The zero-order valence-corrected chi connectivity index (χ0v) is 7.64. The average Bonchev–Trinajstić information content (AvgIpc) is 2.69. The van der Waals surface area contributed by atoms with Crippen molar-refractivity contribution in [3.05, 3.63) is 52.5 Å². The molecular weight excluding hydrogens is 178 g/mol. The maximum absolute atomic E-state index is 3.98. The number of thiophene rings is 1. The molecular formula is C11H6NS. The van der Waals surface area contributed by atoms with Gasteiger partial charge < -0.3 is 0 Å². The van der Waals surface area contributed by atoms with Crippen LogP contribution in [0.4, 0.5) is 0 Å². The van der Waals surface area contributed by atoms with Gasteiger partial charge in [0.25, 0.3) is 0 Å². The van der Waals surface area contributed by atoms with Crippen molar-refractivity contribution in [2.75, 3.05) is 0 Å². The Morgan fingerprint density at radius 2 is 2.31 bits per heavy atom. The van der Waals surface area contributed by atoms with Crippen LogP contribution in [0, 0.1) is 18.0 Å². The van der Waals surface area contributed by atoms with Crippen molar-refractivity contribution in [3.63, 3.8) is 0 Å². The summed E-state index contributed by atoms with van der Waals surface area (Å²) in [4.78, 5) is 3.98. The second-order valence-corrected chi connectivity index (χ2v) is 3.19. The normalized spacial score (nSPS) is 8.92. The van der Waals surface area contributed by atoms with Gasteiger partial charge in [0, 0.05) is 10.9 Å². The first-order valence-corrected chi connectivity index (χ1v) is 4.77. The number of pyridine rings is 1. The average molecular weight is 184 g/mol. The van der Waals surface area contributed by atoms with Crippen LogP contribution in [0.2, 0.25) is 0 Å². The number of nitrogens with zero attached hydrogens (tertiary/aromatic N) is 1. The van der Waals surface area contributed by atoms with Crippen molar-refractivity contribution in [2.45, 2.75) is 0 Å². The third kappa shape index (κ3) is 2.17. The van der Waals surface area contributed by atoms with E-state index in [0.717, 1.165) is 11.3 Å². The standard InChI is InChI=1S/C11H6NS/c1-2-7-12-11(3-1)5-4-10-6-8-13-9-10/h1-3,6,8-9H. The first kappa shape index (κ1) is 8.03. The Morgan fingerprint density at radius 1 is 1.31 bits per heavy atom. The van der Waals surface area contributed by atoms with Gasteiger partial charge in [-0.25, -0.2) is 4.98 Å². The molecule has 0 amide bonds. The van der Waals surface area contributed by atoms with Crippen LogP contribution in [0.1, 0.15) is 11.3 Å². The summed E-state index contributed by atoms with van der Waals surface area (Å²) in [7, 11) is 0. The van der Waals surface area contributed by atoms with E-state index in [2.05, 4.69) is 23.0 Å². The first-order chi connectivity index (χ1) is 6.45. The molecule has 0 bridgehead atoms. The van der Waals surface area contributed by atoms with Gasteiger partial charge in [-0.3, -0.25) is 0 Å². The van der Waals surface area contributed by atoms with Gasteiger partial charge in [-0.2, -0.15) is 11.3 Å².